The summed E-state index contributed by atoms with van der Waals surface area (Å²) >= 11 is 0. The van der Waals surface area contributed by atoms with Crippen molar-refractivity contribution in [3.05, 3.63) is 36.4 Å². The number of amides is 1. The molecule has 11 nitrogen and oxygen atoms in total. The molecule has 168 valence electrons. The van der Waals surface area contributed by atoms with Gasteiger partial charge in [-0.1, -0.05) is 5.16 Å². The number of likely N-dealkylation sites (tertiary alicyclic amines) is 1. The lowest BCUT2D eigenvalue weighted by molar-refractivity contribution is 0.100. The molecule has 5 rings (SSSR count). The molecule has 0 saturated carbocycles. The fourth-order valence-corrected chi connectivity index (χ4v) is 4.48. The number of carbonyl (C=O) groups is 1. The van der Waals surface area contributed by atoms with Crippen LogP contribution in [-0.2, 0) is 6.54 Å². The zero-order chi connectivity index (χ0) is 22.1. The highest BCUT2D eigenvalue weighted by Gasteiger charge is 2.29. The average molecular weight is 438 g/mol. The summed E-state index contributed by atoms with van der Waals surface area (Å²) in [6.45, 7) is 5.72. The van der Waals surface area contributed by atoms with Crippen LogP contribution in [0.15, 0.2) is 29.5 Å². The molecule has 0 atom stereocenters. The standard InChI is InChI=1S/C21H27N9O2/c22-18-17(19(23)31)21(25-13-24-18)29-6-2-14(3-7-29)20-27-16(15-10-26-32-12-15)11-30(20)9-8-28-4-1-5-28/h10-14H,1-9H2,(H2,23,31)(H2,22,24,25). The summed E-state index contributed by atoms with van der Waals surface area (Å²) in [6.07, 6.45) is 9.83. The second-order valence-electron chi connectivity index (χ2n) is 8.37. The maximum Gasteiger partial charge on any atom is 0.256 e. The van der Waals surface area contributed by atoms with E-state index in [0.29, 0.717) is 11.7 Å². The molecule has 0 aromatic carbocycles. The molecule has 0 unspecified atom stereocenters. The number of piperidine rings is 1. The molecule has 0 bridgehead atoms. The summed E-state index contributed by atoms with van der Waals surface area (Å²) in [5, 5.41) is 3.82. The van der Waals surface area contributed by atoms with Gasteiger partial charge in [-0.3, -0.25) is 4.79 Å². The van der Waals surface area contributed by atoms with E-state index in [1.807, 2.05) is 0 Å². The van der Waals surface area contributed by atoms with Gasteiger partial charge in [0.15, 0.2) is 0 Å². The third kappa shape index (κ3) is 3.91. The van der Waals surface area contributed by atoms with Gasteiger partial charge in [-0.2, -0.15) is 0 Å². The van der Waals surface area contributed by atoms with Crippen LogP contribution in [0.25, 0.3) is 11.3 Å². The summed E-state index contributed by atoms with van der Waals surface area (Å²) in [6, 6.07) is 0. The molecule has 32 heavy (non-hydrogen) atoms. The molecule has 3 aromatic rings. The Labute approximate surface area is 185 Å². The van der Waals surface area contributed by atoms with Crippen molar-refractivity contribution in [2.45, 2.75) is 31.7 Å². The van der Waals surface area contributed by atoms with Crippen LogP contribution in [-0.4, -0.2) is 68.2 Å². The van der Waals surface area contributed by atoms with E-state index in [1.54, 1.807) is 12.5 Å². The number of rotatable bonds is 7. The van der Waals surface area contributed by atoms with E-state index < -0.39 is 5.91 Å². The molecular weight excluding hydrogens is 410 g/mol. The Balaban J connectivity index is 1.35. The average Bonchev–Trinajstić information content (AvgIpc) is 3.42. The van der Waals surface area contributed by atoms with Crippen molar-refractivity contribution in [2.75, 3.05) is 43.4 Å². The van der Waals surface area contributed by atoms with Gasteiger partial charge in [0.25, 0.3) is 5.91 Å². The Morgan fingerprint density at radius 1 is 1.16 bits per heavy atom. The maximum absolute atomic E-state index is 11.9. The normalized spacial score (nSPS) is 17.4. The van der Waals surface area contributed by atoms with Crippen LogP contribution in [0.2, 0.25) is 0 Å². The SMILES string of the molecule is NC(=O)c1c(N)ncnc1N1CCC(c2nc(-c3cnoc3)cn2CCN2CCC2)CC1. The van der Waals surface area contributed by atoms with Gasteiger partial charge in [-0.25, -0.2) is 15.0 Å². The summed E-state index contributed by atoms with van der Waals surface area (Å²) in [5.41, 5.74) is 13.4. The third-order valence-electron chi connectivity index (χ3n) is 6.40. The van der Waals surface area contributed by atoms with Gasteiger partial charge in [0, 0.05) is 38.3 Å². The molecule has 4 N–H and O–H groups in total. The minimum Gasteiger partial charge on any atom is -0.383 e. The molecule has 0 spiro atoms. The molecule has 3 aromatic heterocycles. The molecule has 0 aliphatic carbocycles. The van der Waals surface area contributed by atoms with Crippen LogP contribution in [0, 0.1) is 0 Å². The topological polar surface area (TPSA) is 145 Å². The number of primary amides is 1. The number of hydrogen-bond acceptors (Lipinski definition) is 9. The number of hydrogen-bond donors (Lipinski definition) is 2. The van der Waals surface area contributed by atoms with Gasteiger partial charge in [0.2, 0.25) is 0 Å². The van der Waals surface area contributed by atoms with Gasteiger partial charge in [-0.15, -0.1) is 0 Å². The minimum absolute atomic E-state index is 0.115. The van der Waals surface area contributed by atoms with Gasteiger partial charge in [-0.05, 0) is 32.4 Å². The Bertz CT molecular complexity index is 1080. The summed E-state index contributed by atoms with van der Waals surface area (Å²) < 4.78 is 7.29. The Morgan fingerprint density at radius 2 is 1.97 bits per heavy atom. The van der Waals surface area contributed by atoms with Crippen molar-refractivity contribution < 1.29 is 9.32 Å². The highest BCUT2D eigenvalue weighted by atomic mass is 16.5. The number of imidazole rings is 1. The predicted octanol–water partition coefficient (Wildman–Crippen LogP) is 1.10. The monoisotopic (exact) mass is 437 g/mol. The Morgan fingerprint density at radius 3 is 2.62 bits per heavy atom. The second kappa shape index (κ2) is 8.58. The van der Waals surface area contributed by atoms with Gasteiger partial charge in [0.05, 0.1) is 17.5 Å². The van der Waals surface area contributed by atoms with Crippen molar-refractivity contribution in [2.24, 2.45) is 5.73 Å². The zero-order valence-corrected chi connectivity index (χ0v) is 17.9. The van der Waals surface area contributed by atoms with E-state index in [9.17, 15) is 4.79 Å². The molecule has 2 saturated heterocycles. The first kappa shape index (κ1) is 20.4. The van der Waals surface area contributed by atoms with Gasteiger partial charge in [0.1, 0.15) is 35.6 Å². The fourth-order valence-electron chi connectivity index (χ4n) is 4.48. The lowest BCUT2D eigenvalue weighted by atomic mass is 9.95. The molecule has 11 heteroatoms. The van der Waals surface area contributed by atoms with Crippen LogP contribution in [0.3, 0.4) is 0 Å². The summed E-state index contributed by atoms with van der Waals surface area (Å²) in [7, 11) is 0. The second-order valence-corrected chi connectivity index (χ2v) is 8.37. The molecule has 2 fully saturated rings. The van der Waals surface area contributed by atoms with Crippen molar-refractivity contribution >= 4 is 17.5 Å². The van der Waals surface area contributed by atoms with Gasteiger partial charge >= 0.3 is 0 Å². The van der Waals surface area contributed by atoms with E-state index >= 15 is 0 Å². The fraction of sp³-hybridized carbons (Fsp3) is 0.476. The molecule has 2 aliphatic rings. The lowest BCUT2D eigenvalue weighted by Crippen LogP contribution is -2.39. The first-order valence-corrected chi connectivity index (χ1v) is 10.9. The molecule has 1 amide bonds. The van der Waals surface area contributed by atoms with Crippen molar-refractivity contribution in [1.29, 1.82) is 0 Å². The minimum atomic E-state index is -0.611. The number of nitrogens with two attached hydrogens (primary N) is 2. The largest absolute Gasteiger partial charge is 0.383 e. The number of nitrogens with zero attached hydrogens (tertiary/aromatic N) is 7. The highest BCUT2D eigenvalue weighted by molar-refractivity contribution is 6.01. The lowest BCUT2D eigenvalue weighted by Gasteiger charge is -2.34. The number of anilines is 2. The van der Waals surface area contributed by atoms with E-state index in [-0.39, 0.29) is 11.4 Å². The smallest absolute Gasteiger partial charge is 0.256 e. The van der Waals surface area contributed by atoms with Gasteiger partial charge < -0.3 is 30.4 Å². The zero-order valence-electron chi connectivity index (χ0n) is 17.9. The summed E-state index contributed by atoms with van der Waals surface area (Å²) in [5.74, 6) is 1.39. The highest BCUT2D eigenvalue weighted by Crippen LogP contribution is 2.33. The van der Waals surface area contributed by atoms with Crippen LogP contribution in [0.1, 0.15) is 41.4 Å². The van der Waals surface area contributed by atoms with Crippen LogP contribution < -0.4 is 16.4 Å². The molecule has 2 aliphatic heterocycles. The predicted molar refractivity (Wildman–Crippen MR) is 118 cm³/mol. The first-order valence-electron chi connectivity index (χ1n) is 10.9. The first-order chi connectivity index (χ1) is 15.6. The molecule has 0 radical (unpaired) electrons. The molecule has 5 heterocycles. The van der Waals surface area contributed by atoms with Crippen LogP contribution >= 0.6 is 0 Å². The quantitative estimate of drug-likeness (QED) is 0.555. The molecular formula is C21H27N9O2. The summed E-state index contributed by atoms with van der Waals surface area (Å²) in [4.78, 5) is 29.6. The maximum atomic E-state index is 11.9. The van der Waals surface area contributed by atoms with E-state index in [1.165, 1.54) is 25.8 Å². The number of aromatic nitrogens is 5. The van der Waals surface area contributed by atoms with Crippen LogP contribution in [0.4, 0.5) is 11.6 Å². The third-order valence-corrected chi connectivity index (χ3v) is 6.40. The van der Waals surface area contributed by atoms with Crippen molar-refractivity contribution in [3.8, 4) is 11.3 Å². The van der Waals surface area contributed by atoms with E-state index in [0.717, 1.165) is 56.1 Å². The Hall–Kier alpha value is -3.47. The van der Waals surface area contributed by atoms with Crippen molar-refractivity contribution in [3.63, 3.8) is 0 Å². The Kier molecular flexibility index (Phi) is 5.48. The number of carbonyl (C=O) groups excluding carboxylic acids is 1. The van der Waals surface area contributed by atoms with E-state index in [2.05, 4.69) is 35.7 Å². The van der Waals surface area contributed by atoms with E-state index in [4.69, 9.17) is 21.0 Å². The van der Waals surface area contributed by atoms with Crippen LogP contribution in [0.5, 0.6) is 0 Å². The number of nitrogen functional groups attached to an aromatic ring is 1. The van der Waals surface area contributed by atoms with Crippen molar-refractivity contribution in [1.82, 2.24) is 29.6 Å².